The van der Waals surface area contributed by atoms with E-state index in [2.05, 4.69) is 30.7 Å². The van der Waals surface area contributed by atoms with Gasteiger partial charge in [-0.25, -0.2) is 9.67 Å². The molecule has 0 atom stereocenters. The number of benzene rings is 1. The molecule has 0 radical (unpaired) electrons. The van der Waals surface area contributed by atoms with Crippen LogP contribution in [-0.4, -0.2) is 62.3 Å². The van der Waals surface area contributed by atoms with Crippen LogP contribution in [0.2, 0.25) is 0 Å². The van der Waals surface area contributed by atoms with E-state index in [9.17, 15) is 4.79 Å². The zero-order valence-electron chi connectivity index (χ0n) is 15.6. The van der Waals surface area contributed by atoms with Gasteiger partial charge in [0, 0.05) is 26.1 Å². The van der Waals surface area contributed by atoms with Gasteiger partial charge in [0.15, 0.2) is 11.4 Å². The first kappa shape index (κ1) is 18.5. The summed E-state index contributed by atoms with van der Waals surface area (Å²) in [6, 6.07) is 7.53. The van der Waals surface area contributed by atoms with Crippen molar-refractivity contribution in [1.29, 1.82) is 0 Å². The predicted molar refractivity (Wildman–Crippen MR) is 99.0 cm³/mol. The molecule has 3 aromatic rings. The second-order valence-corrected chi connectivity index (χ2v) is 6.66. The SMILES string of the molecule is O=C(CCCn1nnnc1CN1CCOCC1)NCc1nc2ccccc2o1. The Morgan fingerprint density at radius 3 is 2.93 bits per heavy atom. The number of oxazole rings is 1. The van der Waals surface area contributed by atoms with E-state index >= 15 is 0 Å². The van der Waals surface area contributed by atoms with Gasteiger partial charge < -0.3 is 14.5 Å². The highest BCUT2D eigenvalue weighted by Crippen LogP contribution is 2.14. The van der Waals surface area contributed by atoms with Crippen LogP contribution in [0.4, 0.5) is 0 Å². The lowest BCUT2D eigenvalue weighted by Crippen LogP contribution is -2.36. The molecular formula is C18H23N7O3. The highest BCUT2D eigenvalue weighted by atomic mass is 16.5. The minimum Gasteiger partial charge on any atom is -0.439 e. The molecule has 1 aliphatic rings. The number of carbonyl (C=O) groups is 1. The molecule has 0 spiro atoms. The molecule has 0 saturated carbocycles. The summed E-state index contributed by atoms with van der Waals surface area (Å²) in [5.74, 6) is 1.27. The van der Waals surface area contributed by atoms with Gasteiger partial charge in [-0.15, -0.1) is 5.10 Å². The summed E-state index contributed by atoms with van der Waals surface area (Å²) >= 11 is 0. The molecule has 1 saturated heterocycles. The zero-order valence-corrected chi connectivity index (χ0v) is 15.6. The molecule has 1 aromatic carbocycles. The number of carbonyl (C=O) groups excluding carboxylic acids is 1. The Hall–Kier alpha value is -2.85. The third-order valence-corrected chi connectivity index (χ3v) is 4.62. The summed E-state index contributed by atoms with van der Waals surface area (Å²) in [7, 11) is 0. The van der Waals surface area contributed by atoms with Crippen LogP contribution in [-0.2, 0) is 29.2 Å². The minimum atomic E-state index is -0.0509. The van der Waals surface area contributed by atoms with Gasteiger partial charge >= 0.3 is 0 Å². The topological polar surface area (TPSA) is 111 Å². The number of aromatic nitrogens is 5. The van der Waals surface area contributed by atoms with Crippen LogP contribution < -0.4 is 5.32 Å². The molecule has 148 valence electrons. The number of nitrogens with one attached hydrogen (secondary N) is 1. The van der Waals surface area contributed by atoms with Crippen LogP contribution in [0, 0.1) is 0 Å². The van der Waals surface area contributed by atoms with Crippen LogP contribution in [0.15, 0.2) is 28.7 Å². The second-order valence-electron chi connectivity index (χ2n) is 6.66. The second kappa shape index (κ2) is 8.89. The third-order valence-electron chi connectivity index (χ3n) is 4.62. The van der Waals surface area contributed by atoms with Gasteiger partial charge in [-0.1, -0.05) is 12.1 Å². The number of para-hydroxylation sites is 2. The maximum absolute atomic E-state index is 12.1. The number of rotatable bonds is 8. The number of fused-ring (bicyclic) bond motifs is 1. The van der Waals surface area contributed by atoms with Gasteiger partial charge in [0.05, 0.1) is 26.3 Å². The third kappa shape index (κ3) is 4.70. The number of tetrazole rings is 1. The van der Waals surface area contributed by atoms with E-state index in [0.717, 1.165) is 43.2 Å². The largest absolute Gasteiger partial charge is 0.439 e. The molecule has 1 N–H and O–H groups in total. The fourth-order valence-corrected chi connectivity index (χ4v) is 3.12. The first-order valence-corrected chi connectivity index (χ1v) is 9.44. The Morgan fingerprint density at radius 2 is 2.07 bits per heavy atom. The normalized spacial score (nSPS) is 15.1. The molecule has 10 nitrogen and oxygen atoms in total. The van der Waals surface area contributed by atoms with Crippen molar-refractivity contribution in [1.82, 2.24) is 35.4 Å². The van der Waals surface area contributed by atoms with Crippen LogP contribution in [0.5, 0.6) is 0 Å². The number of nitrogens with zero attached hydrogens (tertiary/aromatic N) is 6. The van der Waals surface area contributed by atoms with Gasteiger partial charge in [0.1, 0.15) is 5.52 Å². The highest BCUT2D eigenvalue weighted by Gasteiger charge is 2.15. The fourth-order valence-electron chi connectivity index (χ4n) is 3.12. The maximum Gasteiger partial charge on any atom is 0.220 e. The highest BCUT2D eigenvalue weighted by molar-refractivity contribution is 5.76. The van der Waals surface area contributed by atoms with Crippen LogP contribution >= 0.6 is 0 Å². The van der Waals surface area contributed by atoms with Gasteiger partial charge in [-0.05, 0) is 29.0 Å². The average molecular weight is 385 g/mol. The van der Waals surface area contributed by atoms with E-state index in [1.165, 1.54) is 0 Å². The van der Waals surface area contributed by atoms with Crippen molar-refractivity contribution in [3.05, 3.63) is 36.0 Å². The molecule has 0 bridgehead atoms. The van der Waals surface area contributed by atoms with Crippen molar-refractivity contribution in [3.63, 3.8) is 0 Å². The van der Waals surface area contributed by atoms with E-state index in [-0.39, 0.29) is 12.5 Å². The Balaban J connectivity index is 1.20. The number of ether oxygens (including phenoxy) is 1. The average Bonchev–Trinajstić information content (AvgIpc) is 3.33. The Kier molecular flexibility index (Phi) is 5.88. The maximum atomic E-state index is 12.1. The van der Waals surface area contributed by atoms with E-state index < -0.39 is 0 Å². The summed E-state index contributed by atoms with van der Waals surface area (Å²) < 4.78 is 12.7. The Labute approximate surface area is 161 Å². The molecule has 1 amide bonds. The van der Waals surface area contributed by atoms with Crippen molar-refractivity contribution in [2.75, 3.05) is 26.3 Å². The molecule has 28 heavy (non-hydrogen) atoms. The van der Waals surface area contributed by atoms with E-state index in [1.807, 2.05) is 24.3 Å². The lowest BCUT2D eigenvalue weighted by atomic mass is 10.3. The Bertz CT molecular complexity index is 884. The molecule has 1 fully saturated rings. The smallest absolute Gasteiger partial charge is 0.220 e. The molecule has 0 unspecified atom stereocenters. The molecule has 3 heterocycles. The van der Waals surface area contributed by atoms with Gasteiger partial charge in [-0.2, -0.15) is 0 Å². The lowest BCUT2D eigenvalue weighted by molar-refractivity contribution is -0.121. The van der Waals surface area contributed by atoms with Gasteiger partial charge in [0.2, 0.25) is 11.8 Å². The monoisotopic (exact) mass is 385 g/mol. The number of morpholine rings is 1. The van der Waals surface area contributed by atoms with E-state index in [1.54, 1.807) is 4.68 Å². The number of hydrogen-bond acceptors (Lipinski definition) is 8. The van der Waals surface area contributed by atoms with Gasteiger partial charge in [-0.3, -0.25) is 9.69 Å². The molecule has 1 aliphatic heterocycles. The lowest BCUT2D eigenvalue weighted by Gasteiger charge is -2.25. The van der Waals surface area contributed by atoms with Crippen molar-refractivity contribution in [3.8, 4) is 0 Å². The summed E-state index contributed by atoms with van der Waals surface area (Å²) in [5.41, 5.74) is 1.51. The number of aryl methyl sites for hydroxylation is 1. The van der Waals surface area contributed by atoms with E-state index in [4.69, 9.17) is 9.15 Å². The van der Waals surface area contributed by atoms with Crippen molar-refractivity contribution < 1.29 is 13.9 Å². The standard InChI is InChI=1S/C18H23N7O3/c26-17(19-12-18-20-14-4-1-2-5-15(14)28-18)6-3-7-25-16(21-22-23-25)13-24-8-10-27-11-9-24/h1-2,4-5H,3,6-13H2,(H,19,26). The summed E-state index contributed by atoms with van der Waals surface area (Å²) in [6.07, 6.45) is 1.04. The summed E-state index contributed by atoms with van der Waals surface area (Å²) in [5, 5.41) is 14.7. The van der Waals surface area contributed by atoms with Crippen molar-refractivity contribution in [2.24, 2.45) is 0 Å². The van der Waals surface area contributed by atoms with Crippen LogP contribution in [0.25, 0.3) is 11.1 Å². The van der Waals surface area contributed by atoms with Gasteiger partial charge in [0.25, 0.3) is 0 Å². The number of hydrogen-bond donors (Lipinski definition) is 1. The fraction of sp³-hybridized carbons (Fsp3) is 0.500. The Morgan fingerprint density at radius 1 is 1.21 bits per heavy atom. The molecule has 4 rings (SSSR count). The predicted octanol–water partition coefficient (Wildman–Crippen LogP) is 0.743. The summed E-state index contributed by atoms with van der Waals surface area (Å²) in [6.45, 7) is 4.81. The first-order chi connectivity index (χ1) is 13.8. The summed E-state index contributed by atoms with van der Waals surface area (Å²) in [4.78, 5) is 18.7. The minimum absolute atomic E-state index is 0.0509. The molecule has 10 heteroatoms. The van der Waals surface area contributed by atoms with Crippen LogP contribution in [0.1, 0.15) is 24.6 Å². The van der Waals surface area contributed by atoms with Crippen LogP contribution in [0.3, 0.4) is 0 Å². The van der Waals surface area contributed by atoms with Crippen molar-refractivity contribution in [2.45, 2.75) is 32.5 Å². The quantitative estimate of drug-likeness (QED) is 0.604. The van der Waals surface area contributed by atoms with Crippen molar-refractivity contribution >= 4 is 17.0 Å². The molecule has 0 aliphatic carbocycles. The zero-order chi connectivity index (χ0) is 19.2. The molecule has 2 aromatic heterocycles. The first-order valence-electron chi connectivity index (χ1n) is 9.44. The molecular weight excluding hydrogens is 362 g/mol. The number of amides is 1. The van der Waals surface area contributed by atoms with E-state index in [0.29, 0.717) is 31.8 Å².